The molecule has 0 aliphatic carbocycles. The quantitative estimate of drug-likeness (QED) is 0.531. The van der Waals surface area contributed by atoms with Crippen LogP contribution in [0.4, 0.5) is 30.7 Å². The second kappa shape index (κ2) is 7.58. The molecule has 2 aromatic carbocycles. The Kier molecular flexibility index (Phi) is 5.82. The number of carbonyl (C=O) groups is 1. The van der Waals surface area contributed by atoms with Gasteiger partial charge in [0.2, 0.25) is 0 Å². The van der Waals surface area contributed by atoms with Gasteiger partial charge in [0.25, 0.3) is 0 Å². The fraction of sp³-hybridized carbons (Fsp3) is 0.278. The van der Waals surface area contributed by atoms with Crippen molar-refractivity contribution in [3.8, 4) is 5.75 Å². The van der Waals surface area contributed by atoms with Gasteiger partial charge in [-0.05, 0) is 18.6 Å². The van der Waals surface area contributed by atoms with Crippen molar-refractivity contribution in [1.82, 2.24) is 0 Å². The number of aryl methyl sites for hydroxylation is 1. The first-order valence-electron chi connectivity index (χ1n) is 7.54. The van der Waals surface area contributed by atoms with Crippen molar-refractivity contribution in [3.05, 3.63) is 63.7 Å². The Balaban J connectivity index is 2.37. The molecule has 27 heavy (non-hydrogen) atoms. The lowest BCUT2D eigenvalue weighted by molar-refractivity contribution is -0.143. The summed E-state index contributed by atoms with van der Waals surface area (Å²) in [5, 5.41) is 0. The average molecular weight is 394 g/mol. The molecule has 0 aromatic heterocycles. The molecule has 0 aliphatic heterocycles. The lowest BCUT2D eigenvalue weighted by Gasteiger charge is -2.14. The van der Waals surface area contributed by atoms with Crippen molar-refractivity contribution in [1.29, 1.82) is 0 Å². The van der Waals surface area contributed by atoms with E-state index in [-0.39, 0.29) is 0 Å². The van der Waals surface area contributed by atoms with Gasteiger partial charge in [-0.3, -0.25) is 4.79 Å². The van der Waals surface area contributed by atoms with Crippen LogP contribution < -0.4 is 4.74 Å². The Morgan fingerprint density at radius 2 is 1.52 bits per heavy atom. The number of hydrogen-bond acceptors (Lipinski definition) is 2. The lowest BCUT2D eigenvalue weighted by Crippen LogP contribution is -2.19. The lowest BCUT2D eigenvalue weighted by atomic mass is 9.98. The molecule has 0 amide bonds. The number of hydrogen-bond donors (Lipinski definition) is 0. The molecule has 0 heterocycles. The molecule has 0 saturated carbocycles. The van der Waals surface area contributed by atoms with Gasteiger partial charge >= 0.3 is 6.18 Å². The molecular formula is C18H13F7O2. The Hall–Kier alpha value is -2.58. The molecule has 0 spiro atoms. The summed E-state index contributed by atoms with van der Waals surface area (Å²) in [6.07, 6.45) is -7.15. The molecule has 0 N–H and O–H groups in total. The van der Waals surface area contributed by atoms with Gasteiger partial charge < -0.3 is 4.74 Å². The number of benzene rings is 2. The Morgan fingerprint density at radius 3 is 2.00 bits per heavy atom. The fourth-order valence-corrected chi connectivity index (χ4v) is 2.55. The number of rotatable bonds is 5. The SMILES string of the molecule is COc1cc(C)ccc1CC(=O)Cc1c(F)c(F)c(C(F)(F)F)c(F)c1F. The topological polar surface area (TPSA) is 26.3 Å². The molecular weight excluding hydrogens is 381 g/mol. The second-order valence-electron chi connectivity index (χ2n) is 5.81. The van der Waals surface area contributed by atoms with Gasteiger partial charge in [0, 0.05) is 24.0 Å². The third-order valence-electron chi connectivity index (χ3n) is 3.84. The predicted molar refractivity (Wildman–Crippen MR) is 81.4 cm³/mol. The normalized spacial score (nSPS) is 11.6. The first kappa shape index (κ1) is 20.7. The van der Waals surface area contributed by atoms with Crippen molar-refractivity contribution < 1.29 is 40.3 Å². The van der Waals surface area contributed by atoms with Crippen LogP contribution >= 0.6 is 0 Å². The van der Waals surface area contributed by atoms with E-state index in [9.17, 15) is 35.5 Å². The van der Waals surface area contributed by atoms with E-state index in [0.29, 0.717) is 11.3 Å². The molecule has 0 fully saturated rings. The van der Waals surface area contributed by atoms with E-state index in [1.807, 2.05) is 0 Å². The Morgan fingerprint density at radius 1 is 0.963 bits per heavy atom. The molecule has 2 rings (SSSR count). The van der Waals surface area contributed by atoms with E-state index < -0.39 is 59.2 Å². The summed E-state index contributed by atoms with van der Waals surface area (Å²) in [7, 11) is 1.34. The monoisotopic (exact) mass is 394 g/mol. The van der Waals surface area contributed by atoms with Gasteiger partial charge in [0.1, 0.15) is 17.1 Å². The maximum Gasteiger partial charge on any atom is 0.422 e. The first-order valence-corrected chi connectivity index (χ1v) is 7.54. The van der Waals surface area contributed by atoms with E-state index in [2.05, 4.69) is 0 Å². The minimum atomic E-state index is -5.63. The van der Waals surface area contributed by atoms with Gasteiger partial charge in [-0.15, -0.1) is 0 Å². The number of halogens is 7. The van der Waals surface area contributed by atoms with Crippen LogP contribution in [0.15, 0.2) is 18.2 Å². The van der Waals surface area contributed by atoms with Gasteiger partial charge in [-0.2, -0.15) is 13.2 Å². The number of methoxy groups -OCH3 is 1. The highest BCUT2D eigenvalue weighted by Gasteiger charge is 2.42. The molecule has 2 nitrogen and oxygen atoms in total. The smallest absolute Gasteiger partial charge is 0.422 e. The number of ether oxygens (including phenoxy) is 1. The van der Waals surface area contributed by atoms with Crippen LogP contribution in [0.2, 0.25) is 0 Å². The van der Waals surface area contributed by atoms with Crippen molar-refractivity contribution >= 4 is 5.78 Å². The van der Waals surface area contributed by atoms with Crippen LogP contribution in [0.25, 0.3) is 0 Å². The number of carbonyl (C=O) groups excluding carboxylic acids is 1. The van der Waals surface area contributed by atoms with E-state index in [1.165, 1.54) is 13.2 Å². The van der Waals surface area contributed by atoms with Crippen molar-refractivity contribution in [2.24, 2.45) is 0 Å². The Labute approximate surface area is 149 Å². The van der Waals surface area contributed by atoms with Crippen LogP contribution in [0, 0.1) is 30.2 Å². The Bertz CT molecular complexity index is 859. The highest BCUT2D eigenvalue weighted by Crippen LogP contribution is 2.37. The van der Waals surface area contributed by atoms with Gasteiger partial charge in [0.15, 0.2) is 23.3 Å². The summed E-state index contributed by atoms with van der Waals surface area (Å²) >= 11 is 0. The second-order valence-corrected chi connectivity index (χ2v) is 5.81. The van der Waals surface area contributed by atoms with Crippen molar-refractivity contribution in [3.63, 3.8) is 0 Å². The van der Waals surface area contributed by atoms with Crippen LogP contribution in [0.3, 0.4) is 0 Å². The third-order valence-corrected chi connectivity index (χ3v) is 3.84. The molecule has 0 atom stereocenters. The number of ketones is 1. The minimum Gasteiger partial charge on any atom is -0.496 e. The molecule has 0 radical (unpaired) electrons. The first-order chi connectivity index (χ1) is 12.5. The summed E-state index contributed by atoms with van der Waals surface area (Å²) in [6.45, 7) is 1.76. The molecule has 9 heteroatoms. The molecule has 0 bridgehead atoms. The summed E-state index contributed by atoms with van der Waals surface area (Å²) in [5.41, 5.74) is -2.91. The zero-order valence-corrected chi connectivity index (χ0v) is 14.1. The van der Waals surface area contributed by atoms with Crippen LogP contribution in [-0.2, 0) is 23.8 Å². The average Bonchev–Trinajstić information content (AvgIpc) is 2.57. The van der Waals surface area contributed by atoms with Crippen molar-refractivity contribution in [2.75, 3.05) is 7.11 Å². The van der Waals surface area contributed by atoms with Crippen LogP contribution in [-0.4, -0.2) is 12.9 Å². The molecule has 2 aromatic rings. The molecule has 0 aliphatic rings. The summed E-state index contributed by atoms with van der Waals surface area (Å²) in [6, 6.07) is 4.76. The van der Waals surface area contributed by atoms with Crippen molar-refractivity contribution in [2.45, 2.75) is 25.9 Å². The zero-order valence-electron chi connectivity index (χ0n) is 14.1. The summed E-state index contributed by atoms with van der Waals surface area (Å²) in [5.74, 6) is -10.2. The minimum absolute atomic E-state index is 0.314. The van der Waals surface area contributed by atoms with Crippen LogP contribution in [0.1, 0.15) is 22.3 Å². The number of alkyl halides is 3. The third kappa shape index (κ3) is 4.23. The maximum atomic E-state index is 13.9. The maximum absolute atomic E-state index is 13.9. The van der Waals surface area contributed by atoms with E-state index in [1.54, 1.807) is 19.1 Å². The molecule has 146 valence electrons. The largest absolute Gasteiger partial charge is 0.496 e. The molecule has 0 unspecified atom stereocenters. The zero-order chi connectivity index (χ0) is 20.5. The standard InChI is InChI=1S/C18H13F7O2/c1-8-3-4-9(12(5-8)27-2)6-10(26)7-11-14(19)16(21)13(18(23,24)25)17(22)15(11)20/h3-5H,6-7H2,1-2H3. The highest BCUT2D eigenvalue weighted by atomic mass is 19.4. The number of Topliss-reactive ketones (excluding diaryl/α,β-unsaturated/α-hetero) is 1. The highest BCUT2D eigenvalue weighted by molar-refractivity contribution is 5.84. The van der Waals surface area contributed by atoms with E-state index in [4.69, 9.17) is 4.74 Å². The molecule has 0 saturated heterocycles. The predicted octanol–water partition coefficient (Wildman–Crippen LogP) is 4.93. The summed E-state index contributed by atoms with van der Waals surface area (Å²) < 4.78 is 97.7. The van der Waals surface area contributed by atoms with Gasteiger partial charge in [0.05, 0.1) is 7.11 Å². The summed E-state index contributed by atoms with van der Waals surface area (Å²) in [4.78, 5) is 12.1. The van der Waals surface area contributed by atoms with Gasteiger partial charge in [-0.25, -0.2) is 17.6 Å². The van der Waals surface area contributed by atoms with E-state index in [0.717, 1.165) is 5.56 Å². The van der Waals surface area contributed by atoms with Gasteiger partial charge in [-0.1, -0.05) is 12.1 Å². The van der Waals surface area contributed by atoms with E-state index >= 15 is 0 Å². The fourth-order valence-electron chi connectivity index (χ4n) is 2.55. The van der Waals surface area contributed by atoms with Crippen LogP contribution in [0.5, 0.6) is 5.75 Å².